The molecule has 5 nitrogen and oxygen atoms in total. The third-order valence-electron chi connectivity index (χ3n) is 3.30. The molecule has 0 bridgehead atoms. The zero-order valence-electron chi connectivity index (χ0n) is 11.9. The number of amides is 2. The molecule has 1 rings (SSSR count). The van der Waals surface area contributed by atoms with E-state index in [9.17, 15) is 9.59 Å². The lowest BCUT2D eigenvalue weighted by atomic mass is 10.0. The number of aryl methyl sites for hydroxylation is 2. The second-order valence-electron chi connectivity index (χ2n) is 5.17. The van der Waals surface area contributed by atoms with E-state index in [1.54, 1.807) is 0 Å². The highest BCUT2D eigenvalue weighted by Crippen LogP contribution is 2.19. The third kappa shape index (κ3) is 3.24. The van der Waals surface area contributed by atoms with Crippen LogP contribution in [-0.4, -0.2) is 34.6 Å². The van der Waals surface area contributed by atoms with Crippen LogP contribution in [0.5, 0.6) is 0 Å². The summed E-state index contributed by atoms with van der Waals surface area (Å²) in [4.78, 5) is 24.4. The van der Waals surface area contributed by atoms with Gasteiger partial charge in [0.05, 0.1) is 0 Å². The van der Waals surface area contributed by atoms with Gasteiger partial charge in [0.1, 0.15) is 5.54 Å². The minimum atomic E-state index is -1.26. The first-order chi connectivity index (χ1) is 8.66. The zero-order chi connectivity index (χ0) is 14.8. The van der Waals surface area contributed by atoms with E-state index in [0.29, 0.717) is 5.69 Å². The minimum absolute atomic E-state index is 0.443. The van der Waals surface area contributed by atoms with Crippen molar-refractivity contribution in [1.82, 2.24) is 4.90 Å². The van der Waals surface area contributed by atoms with Crippen molar-refractivity contribution < 1.29 is 14.7 Å². The highest BCUT2D eigenvalue weighted by Gasteiger charge is 2.35. The number of carboxylic acid groups (broad SMARTS) is 1. The predicted molar refractivity (Wildman–Crippen MR) is 74.4 cm³/mol. The standard InChI is InChI=1S/C14H20N2O3/c1-9-6-7-10(2)11(8-9)15-13(19)16(5)14(3,4)12(17)18/h6-8H,1-5H3,(H,15,19)(H,17,18). The molecule has 0 saturated heterocycles. The molecule has 0 aliphatic carbocycles. The fourth-order valence-electron chi connectivity index (χ4n) is 1.47. The third-order valence-corrected chi connectivity index (χ3v) is 3.30. The summed E-state index contributed by atoms with van der Waals surface area (Å²) in [5.74, 6) is -1.05. The molecule has 0 aromatic heterocycles. The Bertz CT molecular complexity index is 509. The van der Waals surface area contributed by atoms with Gasteiger partial charge in [-0.15, -0.1) is 0 Å². The smallest absolute Gasteiger partial charge is 0.329 e. The average Bonchev–Trinajstić information content (AvgIpc) is 2.32. The van der Waals surface area contributed by atoms with Gasteiger partial charge in [-0.1, -0.05) is 12.1 Å². The van der Waals surface area contributed by atoms with E-state index in [-0.39, 0.29) is 0 Å². The zero-order valence-corrected chi connectivity index (χ0v) is 11.9. The molecule has 0 heterocycles. The topological polar surface area (TPSA) is 69.6 Å². The molecule has 19 heavy (non-hydrogen) atoms. The maximum atomic E-state index is 12.1. The van der Waals surface area contributed by atoms with Gasteiger partial charge in [-0.2, -0.15) is 0 Å². The van der Waals surface area contributed by atoms with Gasteiger partial charge in [-0.3, -0.25) is 0 Å². The highest BCUT2D eigenvalue weighted by atomic mass is 16.4. The average molecular weight is 264 g/mol. The molecule has 0 aliphatic rings. The van der Waals surface area contributed by atoms with E-state index in [1.807, 2.05) is 32.0 Å². The number of rotatable bonds is 3. The molecular weight excluding hydrogens is 244 g/mol. The molecule has 0 aliphatic heterocycles. The van der Waals surface area contributed by atoms with E-state index in [1.165, 1.54) is 25.8 Å². The highest BCUT2D eigenvalue weighted by molar-refractivity contribution is 5.94. The van der Waals surface area contributed by atoms with Gasteiger partial charge in [0.25, 0.3) is 0 Å². The quantitative estimate of drug-likeness (QED) is 0.881. The number of benzene rings is 1. The number of hydrogen-bond donors (Lipinski definition) is 2. The Hall–Kier alpha value is -2.04. The molecule has 0 fully saturated rings. The first-order valence-electron chi connectivity index (χ1n) is 6.01. The van der Waals surface area contributed by atoms with Crippen LogP contribution in [-0.2, 0) is 4.79 Å². The molecule has 0 spiro atoms. The van der Waals surface area contributed by atoms with E-state index in [0.717, 1.165) is 11.1 Å². The molecule has 1 aromatic carbocycles. The Morgan fingerprint density at radius 1 is 1.26 bits per heavy atom. The lowest BCUT2D eigenvalue weighted by Crippen LogP contribution is -2.52. The van der Waals surface area contributed by atoms with Gasteiger partial charge in [0.2, 0.25) is 0 Å². The minimum Gasteiger partial charge on any atom is -0.480 e. The molecule has 2 amide bonds. The largest absolute Gasteiger partial charge is 0.480 e. The molecule has 0 saturated carbocycles. The van der Waals surface area contributed by atoms with Crippen molar-refractivity contribution in [3.05, 3.63) is 29.3 Å². The van der Waals surface area contributed by atoms with Crippen LogP contribution in [0, 0.1) is 13.8 Å². The number of carboxylic acids is 1. The number of urea groups is 1. The summed E-state index contributed by atoms with van der Waals surface area (Å²) >= 11 is 0. The summed E-state index contributed by atoms with van der Waals surface area (Å²) in [7, 11) is 1.47. The normalized spacial score (nSPS) is 11.0. The monoisotopic (exact) mass is 264 g/mol. The van der Waals surface area contributed by atoms with Crippen LogP contribution in [0.15, 0.2) is 18.2 Å². The first-order valence-corrected chi connectivity index (χ1v) is 6.01. The molecule has 104 valence electrons. The Labute approximate surface area is 113 Å². The molecule has 0 atom stereocenters. The SMILES string of the molecule is Cc1ccc(C)c(NC(=O)N(C)C(C)(C)C(=O)O)c1. The Kier molecular flexibility index (Phi) is 4.19. The Morgan fingerprint density at radius 3 is 2.37 bits per heavy atom. The molecule has 5 heteroatoms. The molecular formula is C14H20N2O3. The fraction of sp³-hybridized carbons (Fsp3) is 0.429. The number of anilines is 1. The van der Waals surface area contributed by atoms with Crippen molar-refractivity contribution in [2.24, 2.45) is 0 Å². The maximum absolute atomic E-state index is 12.1. The predicted octanol–water partition coefficient (Wildman–Crippen LogP) is 2.63. The van der Waals surface area contributed by atoms with Crippen LogP contribution in [0.2, 0.25) is 0 Å². The second-order valence-corrected chi connectivity index (χ2v) is 5.17. The second kappa shape index (κ2) is 5.30. The number of carbonyl (C=O) groups excluding carboxylic acids is 1. The summed E-state index contributed by atoms with van der Waals surface area (Å²) in [6.45, 7) is 6.79. The van der Waals surface area contributed by atoms with Gasteiger partial charge >= 0.3 is 12.0 Å². The molecule has 0 radical (unpaired) electrons. The van der Waals surface area contributed by atoms with Crippen LogP contribution >= 0.6 is 0 Å². The lowest BCUT2D eigenvalue weighted by Gasteiger charge is -2.31. The van der Waals surface area contributed by atoms with Crippen LogP contribution < -0.4 is 5.32 Å². The molecule has 0 unspecified atom stereocenters. The number of aliphatic carboxylic acids is 1. The number of likely N-dealkylation sites (N-methyl/N-ethyl adjacent to an activating group) is 1. The van der Waals surface area contributed by atoms with Crippen LogP contribution in [0.1, 0.15) is 25.0 Å². The molecule has 1 aromatic rings. The van der Waals surface area contributed by atoms with Crippen molar-refractivity contribution in [3.8, 4) is 0 Å². The van der Waals surface area contributed by atoms with Crippen molar-refractivity contribution in [1.29, 1.82) is 0 Å². The van der Waals surface area contributed by atoms with Crippen molar-refractivity contribution in [2.75, 3.05) is 12.4 Å². The van der Waals surface area contributed by atoms with Crippen LogP contribution in [0.4, 0.5) is 10.5 Å². The van der Waals surface area contributed by atoms with E-state index in [4.69, 9.17) is 5.11 Å². The summed E-state index contributed by atoms with van der Waals surface area (Å²) < 4.78 is 0. The van der Waals surface area contributed by atoms with Gasteiger partial charge in [-0.05, 0) is 44.9 Å². The van der Waals surface area contributed by atoms with Gasteiger partial charge < -0.3 is 15.3 Å². The Balaban J connectivity index is 2.91. The van der Waals surface area contributed by atoms with Crippen LogP contribution in [0.25, 0.3) is 0 Å². The van der Waals surface area contributed by atoms with Crippen molar-refractivity contribution >= 4 is 17.7 Å². The first kappa shape index (κ1) is 15.0. The van der Waals surface area contributed by atoms with E-state index < -0.39 is 17.5 Å². The van der Waals surface area contributed by atoms with E-state index >= 15 is 0 Å². The summed E-state index contributed by atoms with van der Waals surface area (Å²) in [5.41, 5.74) is 1.39. The number of nitrogens with zero attached hydrogens (tertiary/aromatic N) is 1. The van der Waals surface area contributed by atoms with Crippen molar-refractivity contribution in [3.63, 3.8) is 0 Å². The maximum Gasteiger partial charge on any atom is 0.329 e. The summed E-state index contributed by atoms with van der Waals surface area (Å²) in [6.07, 6.45) is 0. The number of hydrogen-bond acceptors (Lipinski definition) is 2. The van der Waals surface area contributed by atoms with Crippen molar-refractivity contribution in [2.45, 2.75) is 33.2 Å². The summed E-state index contributed by atoms with van der Waals surface area (Å²) in [6, 6.07) is 5.28. The van der Waals surface area contributed by atoms with Gasteiger partial charge in [0.15, 0.2) is 0 Å². The Morgan fingerprint density at radius 2 is 1.84 bits per heavy atom. The van der Waals surface area contributed by atoms with Gasteiger partial charge in [0, 0.05) is 12.7 Å². The molecule has 2 N–H and O–H groups in total. The number of nitrogens with one attached hydrogen (secondary N) is 1. The fourth-order valence-corrected chi connectivity index (χ4v) is 1.47. The van der Waals surface area contributed by atoms with Crippen LogP contribution in [0.3, 0.4) is 0 Å². The summed E-state index contributed by atoms with van der Waals surface area (Å²) in [5, 5.41) is 11.8. The lowest BCUT2D eigenvalue weighted by molar-refractivity contribution is -0.146. The van der Waals surface area contributed by atoms with Gasteiger partial charge in [-0.25, -0.2) is 9.59 Å². The number of carbonyl (C=O) groups is 2. The van der Waals surface area contributed by atoms with E-state index in [2.05, 4.69) is 5.32 Å².